The van der Waals surface area contributed by atoms with Gasteiger partial charge in [-0.05, 0) is 30.5 Å². The molecule has 1 aliphatic heterocycles. The SMILES string of the molecule is c1ccc(CN(Cc2cnn(-c3ccccc3)c2)C[C@@H]2CCCO2)cc1. The second-order valence-corrected chi connectivity index (χ2v) is 6.92. The molecule has 2 heterocycles. The van der Waals surface area contributed by atoms with E-state index in [1.54, 1.807) is 0 Å². The average molecular weight is 347 g/mol. The fourth-order valence-corrected chi connectivity index (χ4v) is 3.52. The van der Waals surface area contributed by atoms with E-state index in [1.165, 1.54) is 17.5 Å². The van der Waals surface area contributed by atoms with Crippen LogP contribution in [0.25, 0.3) is 5.69 Å². The zero-order valence-corrected chi connectivity index (χ0v) is 15.0. The van der Waals surface area contributed by atoms with Gasteiger partial charge in [0.25, 0.3) is 0 Å². The van der Waals surface area contributed by atoms with Crippen LogP contribution in [-0.2, 0) is 17.8 Å². The highest BCUT2D eigenvalue weighted by molar-refractivity contribution is 5.30. The molecule has 2 aromatic carbocycles. The van der Waals surface area contributed by atoms with Gasteiger partial charge in [-0.2, -0.15) is 5.10 Å². The summed E-state index contributed by atoms with van der Waals surface area (Å²) in [6.45, 7) is 3.67. The molecule has 1 fully saturated rings. The fourth-order valence-electron chi connectivity index (χ4n) is 3.52. The molecule has 1 saturated heterocycles. The summed E-state index contributed by atoms with van der Waals surface area (Å²) in [5.74, 6) is 0. The van der Waals surface area contributed by atoms with Crippen LogP contribution in [0.2, 0.25) is 0 Å². The average Bonchev–Trinajstić information content (AvgIpc) is 3.35. The first-order valence-electron chi connectivity index (χ1n) is 9.34. The molecule has 3 aromatic rings. The summed E-state index contributed by atoms with van der Waals surface area (Å²) >= 11 is 0. The van der Waals surface area contributed by atoms with Gasteiger partial charge in [-0.15, -0.1) is 0 Å². The van der Waals surface area contributed by atoms with E-state index in [-0.39, 0.29) is 0 Å². The Bertz CT molecular complexity index is 795. The second-order valence-electron chi connectivity index (χ2n) is 6.92. The minimum atomic E-state index is 0.350. The van der Waals surface area contributed by atoms with Crippen molar-refractivity contribution in [2.24, 2.45) is 0 Å². The van der Waals surface area contributed by atoms with Gasteiger partial charge in [-0.3, -0.25) is 4.90 Å². The van der Waals surface area contributed by atoms with Gasteiger partial charge in [0.2, 0.25) is 0 Å². The molecule has 0 unspecified atom stereocenters. The summed E-state index contributed by atoms with van der Waals surface area (Å²) < 4.78 is 7.82. The lowest BCUT2D eigenvalue weighted by atomic mass is 10.1. The minimum Gasteiger partial charge on any atom is -0.377 e. The molecule has 0 aliphatic carbocycles. The molecule has 0 amide bonds. The van der Waals surface area contributed by atoms with E-state index in [0.29, 0.717) is 6.10 Å². The largest absolute Gasteiger partial charge is 0.377 e. The van der Waals surface area contributed by atoms with Crippen LogP contribution in [0.3, 0.4) is 0 Å². The van der Waals surface area contributed by atoms with Crippen molar-refractivity contribution in [3.05, 3.63) is 84.2 Å². The molecular weight excluding hydrogens is 322 g/mol. The van der Waals surface area contributed by atoms with E-state index < -0.39 is 0 Å². The first-order valence-corrected chi connectivity index (χ1v) is 9.34. The third-order valence-electron chi connectivity index (χ3n) is 4.80. The lowest BCUT2D eigenvalue weighted by Crippen LogP contribution is -2.31. The second kappa shape index (κ2) is 8.30. The number of para-hydroxylation sites is 1. The first kappa shape index (κ1) is 17.0. The summed E-state index contributed by atoms with van der Waals surface area (Å²) in [5.41, 5.74) is 3.65. The maximum absolute atomic E-state index is 5.87. The smallest absolute Gasteiger partial charge is 0.0703 e. The Morgan fingerprint density at radius 2 is 1.69 bits per heavy atom. The van der Waals surface area contributed by atoms with E-state index in [9.17, 15) is 0 Å². The van der Waals surface area contributed by atoms with Gasteiger partial charge in [0, 0.05) is 38.0 Å². The van der Waals surface area contributed by atoms with Gasteiger partial charge in [0.15, 0.2) is 0 Å². The van der Waals surface area contributed by atoms with Crippen LogP contribution >= 0.6 is 0 Å². The molecule has 0 spiro atoms. The highest BCUT2D eigenvalue weighted by atomic mass is 16.5. The van der Waals surface area contributed by atoms with Gasteiger partial charge in [0.1, 0.15) is 0 Å². The van der Waals surface area contributed by atoms with E-state index >= 15 is 0 Å². The van der Waals surface area contributed by atoms with Crippen molar-refractivity contribution in [2.45, 2.75) is 32.0 Å². The number of hydrogen-bond acceptors (Lipinski definition) is 3. The summed E-state index contributed by atoms with van der Waals surface area (Å²) in [7, 11) is 0. The van der Waals surface area contributed by atoms with Gasteiger partial charge in [-0.25, -0.2) is 4.68 Å². The van der Waals surface area contributed by atoms with Crippen LogP contribution in [0, 0.1) is 0 Å². The topological polar surface area (TPSA) is 30.3 Å². The van der Waals surface area contributed by atoms with Crippen LogP contribution in [0.4, 0.5) is 0 Å². The molecule has 1 aromatic heterocycles. The van der Waals surface area contributed by atoms with Crippen LogP contribution in [-0.4, -0.2) is 33.9 Å². The van der Waals surface area contributed by atoms with E-state index in [4.69, 9.17) is 4.74 Å². The maximum Gasteiger partial charge on any atom is 0.0703 e. The van der Waals surface area contributed by atoms with Crippen molar-refractivity contribution in [1.29, 1.82) is 0 Å². The number of benzene rings is 2. The van der Waals surface area contributed by atoms with Crippen LogP contribution < -0.4 is 0 Å². The summed E-state index contributed by atoms with van der Waals surface area (Å²) in [5, 5.41) is 4.54. The molecule has 0 radical (unpaired) electrons. The van der Waals surface area contributed by atoms with Gasteiger partial charge in [-0.1, -0.05) is 48.5 Å². The molecule has 0 bridgehead atoms. The monoisotopic (exact) mass is 347 g/mol. The maximum atomic E-state index is 5.87. The molecule has 4 heteroatoms. The Morgan fingerprint density at radius 1 is 0.962 bits per heavy atom. The molecule has 134 valence electrons. The molecule has 1 aliphatic rings. The molecule has 0 saturated carbocycles. The zero-order chi connectivity index (χ0) is 17.6. The zero-order valence-electron chi connectivity index (χ0n) is 15.0. The third-order valence-corrected chi connectivity index (χ3v) is 4.80. The predicted octanol–water partition coefficient (Wildman–Crippen LogP) is 4.05. The normalized spacial score (nSPS) is 17.0. The third kappa shape index (κ3) is 4.40. The predicted molar refractivity (Wildman–Crippen MR) is 103 cm³/mol. The van der Waals surface area contributed by atoms with Gasteiger partial charge in [0.05, 0.1) is 18.0 Å². The Labute approximate surface area is 155 Å². The molecular formula is C22H25N3O. The van der Waals surface area contributed by atoms with Crippen molar-refractivity contribution >= 4 is 0 Å². The van der Waals surface area contributed by atoms with Crippen LogP contribution in [0.15, 0.2) is 73.1 Å². The van der Waals surface area contributed by atoms with Gasteiger partial charge < -0.3 is 4.74 Å². The lowest BCUT2D eigenvalue weighted by Gasteiger charge is -2.24. The standard InChI is InChI=1S/C22H25N3O/c1-3-8-19(9-4-1)15-24(18-22-12-7-13-26-22)16-20-14-23-25(17-20)21-10-5-2-6-11-21/h1-6,8-11,14,17,22H,7,12-13,15-16,18H2/t22-/m0/s1. The van der Waals surface area contributed by atoms with Crippen molar-refractivity contribution in [1.82, 2.24) is 14.7 Å². The van der Waals surface area contributed by atoms with Gasteiger partial charge >= 0.3 is 0 Å². The first-order chi connectivity index (χ1) is 12.9. The number of ether oxygens (including phenoxy) is 1. The summed E-state index contributed by atoms with van der Waals surface area (Å²) in [4.78, 5) is 2.47. The number of hydrogen-bond donors (Lipinski definition) is 0. The molecule has 4 rings (SSSR count). The summed E-state index contributed by atoms with van der Waals surface area (Å²) in [6.07, 6.45) is 6.79. The van der Waals surface area contributed by atoms with Crippen molar-refractivity contribution in [2.75, 3.05) is 13.2 Å². The Morgan fingerprint density at radius 3 is 2.42 bits per heavy atom. The van der Waals surface area contributed by atoms with E-state index in [2.05, 4.69) is 58.7 Å². The Kier molecular flexibility index (Phi) is 5.43. The Hall–Kier alpha value is -2.43. The van der Waals surface area contributed by atoms with Crippen molar-refractivity contribution < 1.29 is 4.74 Å². The quantitative estimate of drug-likeness (QED) is 0.646. The highest BCUT2D eigenvalue weighted by Crippen LogP contribution is 2.18. The van der Waals surface area contributed by atoms with E-state index in [0.717, 1.165) is 38.3 Å². The van der Waals surface area contributed by atoms with Crippen molar-refractivity contribution in [3.8, 4) is 5.69 Å². The fraction of sp³-hybridized carbons (Fsp3) is 0.318. The molecule has 0 N–H and O–H groups in total. The Balaban J connectivity index is 1.47. The number of nitrogens with zero attached hydrogens (tertiary/aromatic N) is 3. The molecule has 1 atom stereocenters. The number of aromatic nitrogens is 2. The van der Waals surface area contributed by atoms with E-state index in [1.807, 2.05) is 29.1 Å². The van der Waals surface area contributed by atoms with Crippen molar-refractivity contribution in [3.63, 3.8) is 0 Å². The minimum absolute atomic E-state index is 0.350. The lowest BCUT2D eigenvalue weighted by molar-refractivity contribution is 0.0679. The summed E-state index contributed by atoms with van der Waals surface area (Å²) in [6, 6.07) is 20.9. The highest BCUT2D eigenvalue weighted by Gasteiger charge is 2.20. The van der Waals surface area contributed by atoms with Crippen LogP contribution in [0.5, 0.6) is 0 Å². The number of rotatable bonds is 7. The molecule has 4 nitrogen and oxygen atoms in total. The molecule has 26 heavy (non-hydrogen) atoms. The van der Waals surface area contributed by atoms with Crippen LogP contribution in [0.1, 0.15) is 24.0 Å².